The van der Waals surface area contributed by atoms with Crippen LogP contribution in [0.3, 0.4) is 0 Å². The van der Waals surface area contributed by atoms with E-state index in [0.29, 0.717) is 23.8 Å². The van der Waals surface area contributed by atoms with Gasteiger partial charge in [0.25, 0.3) is 17.4 Å². The maximum absolute atomic E-state index is 12.7. The number of hydrogen-bond donors (Lipinski definition) is 2. The molecule has 32 heavy (non-hydrogen) atoms. The molecule has 1 aromatic heterocycles. The Morgan fingerprint density at radius 3 is 2.53 bits per heavy atom. The lowest BCUT2D eigenvalue weighted by atomic mass is 9.77. The average molecular weight is 447 g/mol. The Morgan fingerprint density at radius 2 is 1.88 bits per heavy atom. The number of nitrogens with one attached hydrogen (secondary N) is 2. The predicted octanol–water partition coefficient (Wildman–Crippen LogP) is -0.828. The third-order valence-electron chi connectivity index (χ3n) is 5.74. The molecule has 4 amide bonds. The molecule has 1 aliphatic carbocycles. The van der Waals surface area contributed by atoms with E-state index in [1.807, 2.05) is 0 Å². The third kappa shape index (κ3) is 4.48. The van der Waals surface area contributed by atoms with Crippen LogP contribution in [0.4, 0.5) is 4.79 Å². The Kier molecular flexibility index (Phi) is 6.32. The second-order valence-electron chi connectivity index (χ2n) is 8.15. The lowest BCUT2D eigenvalue weighted by Gasteiger charge is -2.33. The molecule has 0 aromatic carbocycles. The van der Waals surface area contributed by atoms with Crippen LogP contribution in [0.2, 0.25) is 0 Å². The molecule has 2 fully saturated rings. The van der Waals surface area contributed by atoms with Crippen molar-refractivity contribution in [2.24, 2.45) is 20.0 Å². The molecule has 0 radical (unpaired) electrons. The van der Waals surface area contributed by atoms with Crippen LogP contribution >= 0.6 is 0 Å². The van der Waals surface area contributed by atoms with Gasteiger partial charge in [0.05, 0.1) is 5.56 Å². The first-order valence-electron chi connectivity index (χ1n) is 10.1. The van der Waals surface area contributed by atoms with Crippen LogP contribution in [0, 0.1) is 5.92 Å². The topological polar surface area (TPSA) is 149 Å². The molecule has 2 N–H and O–H groups in total. The molecule has 172 valence electrons. The summed E-state index contributed by atoms with van der Waals surface area (Å²) in [6.45, 7) is 1.34. The number of hydrazine groups is 1. The number of urea groups is 1. The Hall–Kier alpha value is -3.70. The zero-order valence-electron chi connectivity index (χ0n) is 18.0. The Bertz CT molecular complexity index is 1110. The van der Waals surface area contributed by atoms with Gasteiger partial charge in [0.1, 0.15) is 5.54 Å². The fraction of sp³-hybridized carbons (Fsp3) is 0.500. The summed E-state index contributed by atoms with van der Waals surface area (Å²) in [4.78, 5) is 72.6. The van der Waals surface area contributed by atoms with Crippen molar-refractivity contribution in [3.63, 3.8) is 0 Å². The molecule has 0 bridgehead atoms. The summed E-state index contributed by atoms with van der Waals surface area (Å²) in [5, 5.41) is 3.29. The van der Waals surface area contributed by atoms with Gasteiger partial charge in [-0.2, -0.15) is 5.01 Å². The van der Waals surface area contributed by atoms with Crippen molar-refractivity contribution < 1.29 is 23.9 Å². The number of rotatable bonds is 5. The molecular weight excluding hydrogens is 422 g/mol. The van der Waals surface area contributed by atoms with Crippen molar-refractivity contribution in [1.82, 2.24) is 24.9 Å². The highest BCUT2D eigenvalue weighted by atomic mass is 16.5. The van der Waals surface area contributed by atoms with Gasteiger partial charge in [-0.05, 0) is 37.7 Å². The minimum absolute atomic E-state index is 0.0717. The molecule has 12 nitrogen and oxygen atoms in total. The molecule has 2 aliphatic rings. The van der Waals surface area contributed by atoms with Crippen LogP contribution in [0.15, 0.2) is 21.9 Å². The van der Waals surface area contributed by atoms with E-state index in [1.165, 1.54) is 24.9 Å². The number of hydrogen-bond acceptors (Lipinski definition) is 7. The van der Waals surface area contributed by atoms with E-state index in [0.717, 1.165) is 29.6 Å². The first kappa shape index (κ1) is 23.0. The maximum atomic E-state index is 12.7. The first-order chi connectivity index (χ1) is 15.0. The molecule has 0 unspecified atom stereocenters. The number of ether oxygens (including phenoxy) is 1. The Labute approximate surface area is 182 Å². The average Bonchev–Trinajstić information content (AvgIpc) is 2.98. The Morgan fingerprint density at radius 1 is 1.22 bits per heavy atom. The van der Waals surface area contributed by atoms with Gasteiger partial charge in [0.2, 0.25) is 0 Å². The molecule has 1 saturated heterocycles. The molecular formula is C20H25N5O7. The second kappa shape index (κ2) is 8.81. The fourth-order valence-electron chi connectivity index (χ4n) is 3.77. The van der Waals surface area contributed by atoms with Crippen LogP contribution in [0.25, 0.3) is 6.08 Å². The van der Waals surface area contributed by atoms with Crippen LogP contribution in [0.5, 0.6) is 0 Å². The minimum Gasteiger partial charge on any atom is -0.452 e. The maximum Gasteiger partial charge on any atom is 0.344 e. The van der Waals surface area contributed by atoms with E-state index in [2.05, 4.69) is 17.7 Å². The number of esters is 1. The molecule has 2 heterocycles. The lowest BCUT2D eigenvalue weighted by Crippen LogP contribution is -2.52. The largest absolute Gasteiger partial charge is 0.452 e. The zero-order valence-corrected chi connectivity index (χ0v) is 18.0. The standard InChI is InChI=1S/C20H25N5O7/c1-12-6-8-20(9-7-12)17(29)25(18(30)21-20)22-14(26)11-32-15(27)5-4-13-10-23(2)19(31)24(3)16(13)28/h4-5,10,12H,6-9,11H2,1-3H3,(H,21,30)(H,22,26)/b5-4+. The summed E-state index contributed by atoms with van der Waals surface area (Å²) in [7, 11) is 2.76. The van der Waals surface area contributed by atoms with Gasteiger partial charge >= 0.3 is 17.7 Å². The molecule has 1 aliphatic heterocycles. The molecule has 1 aromatic rings. The number of imide groups is 1. The monoisotopic (exact) mass is 447 g/mol. The third-order valence-corrected chi connectivity index (χ3v) is 5.74. The number of amides is 4. The second-order valence-corrected chi connectivity index (χ2v) is 8.15. The molecule has 12 heteroatoms. The smallest absolute Gasteiger partial charge is 0.344 e. The SMILES string of the molecule is CC1CCC2(CC1)NC(=O)N(NC(=O)COC(=O)/C=C/c1cn(C)c(=O)n(C)c1=O)C2=O. The van der Waals surface area contributed by atoms with Crippen LogP contribution in [-0.4, -0.2) is 50.1 Å². The lowest BCUT2D eigenvalue weighted by molar-refractivity contribution is -0.147. The number of nitrogens with zero attached hydrogens (tertiary/aromatic N) is 3. The first-order valence-corrected chi connectivity index (χ1v) is 10.1. The van der Waals surface area contributed by atoms with E-state index >= 15 is 0 Å². The van der Waals surface area contributed by atoms with Gasteiger partial charge in [0.15, 0.2) is 6.61 Å². The number of aromatic nitrogens is 2. The van der Waals surface area contributed by atoms with Crippen LogP contribution in [-0.2, 0) is 33.2 Å². The highest BCUT2D eigenvalue weighted by Gasteiger charge is 2.52. The Balaban J connectivity index is 1.55. The van der Waals surface area contributed by atoms with Crippen molar-refractivity contribution in [2.45, 2.75) is 38.1 Å². The molecule has 1 saturated carbocycles. The van der Waals surface area contributed by atoms with E-state index in [4.69, 9.17) is 4.74 Å². The molecule has 0 atom stereocenters. The minimum atomic E-state index is -1.00. The quantitative estimate of drug-likeness (QED) is 0.340. The highest BCUT2D eigenvalue weighted by Crippen LogP contribution is 2.35. The molecule has 1 spiro atoms. The van der Waals surface area contributed by atoms with Gasteiger partial charge in [-0.25, -0.2) is 14.4 Å². The van der Waals surface area contributed by atoms with E-state index in [1.54, 1.807) is 0 Å². The van der Waals surface area contributed by atoms with Crippen molar-refractivity contribution in [2.75, 3.05) is 6.61 Å². The van der Waals surface area contributed by atoms with Crippen molar-refractivity contribution >= 4 is 29.9 Å². The van der Waals surface area contributed by atoms with E-state index in [-0.39, 0.29) is 5.56 Å². The normalized spacial score (nSPS) is 23.0. The van der Waals surface area contributed by atoms with Crippen molar-refractivity contribution in [3.05, 3.63) is 38.7 Å². The van der Waals surface area contributed by atoms with Gasteiger partial charge in [-0.15, -0.1) is 0 Å². The van der Waals surface area contributed by atoms with Crippen molar-refractivity contribution in [1.29, 1.82) is 0 Å². The van der Waals surface area contributed by atoms with Crippen LogP contribution < -0.4 is 22.0 Å². The summed E-state index contributed by atoms with van der Waals surface area (Å²) >= 11 is 0. The summed E-state index contributed by atoms with van der Waals surface area (Å²) in [6.07, 6.45) is 5.92. The van der Waals surface area contributed by atoms with E-state index in [9.17, 15) is 28.8 Å². The summed E-state index contributed by atoms with van der Waals surface area (Å²) < 4.78 is 6.86. The van der Waals surface area contributed by atoms with Gasteiger partial charge in [-0.3, -0.25) is 24.4 Å². The van der Waals surface area contributed by atoms with Gasteiger partial charge in [0, 0.05) is 26.4 Å². The summed E-state index contributed by atoms with van der Waals surface area (Å²) in [5.41, 5.74) is 0.116. The van der Waals surface area contributed by atoms with Gasteiger partial charge < -0.3 is 14.6 Å². The number of aryl methyl sites for hydroxylation is 1. The van der Waals surface area contributed by atoms with E-state index < -0.39 is 47.2 Å². The number of carbonyl (C=O) groups is 4. The predicted molar refractivity (Wildman–Crippen MR) is 111 cm³/mol. The van der Waals surface area contributed by atoms with Crippen molar-refractivity contribution in [3.8, 4) is 0 Å². The number of carbonyl (C=O) groups excluding carboxylic acids is 4. The van der Waals surface area contributed by atoms with Crippen LogP contribution in [0.1, 0.15) is 38.2 Å². The highest BCUT2D eigenvalue weighted by molar-refractivity contribution is 6.08. The fourth-order valence-corrected chi connectivity index (χ4v) is 3.77. The summed E-state index contributed by atoms with van der Waals surface area (Å²) in [6, 6.07) is -0.727. The summed E-state index contributed by atoms with van der Waals surface area (Å²) in [5.74, 6) is -1.86. The van der Waals surface area contributed by atoms with Gasteiger partial charge in [-0.1, -0.05) is 6.92 Å². The molecule has 3 rings (SSSR count). The zero-order chi connectivity index (χ0) is 23.6.